The molecule has 6 heteroatoms. The molecule has 0 aliphatic heterocycles. The second-order valence-electron chi connectivity index (χ2n) is 5.70. The first kappa shape index (κ1) is 16.6. The van der Waals surface area contributed by atoms with E-state index in [9.17, 15) is 4.79 Å². The number of rotatable bonds is 3. The van der Waals surface area contributed by atoms with E-state index in [2.05, 4.69) is 10.3 Å². The molecule has 0 aliphatic rings. The van der Waals surface area contributed by atoms with Crippen LogP contribution in [0.15, 0.2) is 77.6 Å². The van der Waals surface area contributed by atoms with Crippen LogP contribution in [0.25, 0.3) is 16.6 Å². The highest BCUT2D eigenvalue weighted by Gasteiger charge is 2.13. The summed E-state index contributed by atoms with van der Waals surface area (Å²) in [5, 5.41) is 4.99. The van der Waals surface area contributed by atoms with Gasteiger partial charge in [0.05, 0.1) is 16.6 Å². The van der Waals surface area contributed by atoms with Crippen molar-refractivity contribution < 1.29 is 0 Å². The van der Waals surface area contributed by atoms with E-state index in [1.54, 1.807) is 42.5 Å². The molecule has 0 amide bonds. The first-order valence-electron chi connectivity index (χ1n) is 7.92. The molecular weight excluding hydrogens is 369 g/mol. The van der Waals surface area contributed by atoms with Crippen LogP contribution >= 0.6 is 23.2 Å². The number of anilines is 2. The van der Waals surface area contributed by atoms with Gasteiger partial charge in [-0.2, -0.15) is 0 Å². The number of fused-ring (bicyclic) bond motifs is 1. The summed E-state index contributed by atoms with van der Waals surface area (Å²) in [5.41, 5.74) is 1.92. The number of hydrogen-bond acceptors (Lipinski definition) is 3. The molecule has 3 aromatic carbocycles. The van der Waals surface area contributed by atoms with Gasteiger partial charge in [0.1, 0.15) is 0 Å². The van der Waals surface area contributed by atoms with Crippen molar-refractivity contribution in [3.05, 3.63) is 93.2 Å². The molecule has 0 bridgehead atoms. The molecule has 128 valence electrons. The monoisotopic (exact) mass is 381 g/mol. The third-order valence-corrected chi connectivity index (χ3v) is 4.46. The molecule has 1 aromatic heterocycles. The second kappa shape index (κ2) is 6.83. The van der Waals surface area contributed by atoms with Gasteiger partial charge in [-0.25, -0.2) is 9.55 Å². The zero-order valence-electron chi connectivity index (χ0n) is 13.5. The van der Waals surface area contributed by atoms with E-state index in [4.69, 9.17) is 23.2 Å². The van der Waals surface area contributed by atoms with Crippen molar-refractivity contribution in [1.29, 1.82) is 0 Å². The zero-order valence-corrected chi connectivity index (χ0v) is 15.0. The molecule has 0 saturated heterocycles. The van der Waals surface area contributed by atoms with E-state index in [1.807, 2.05) is 30.3 Å². The number of para-hydroxylation sites is 1. The summed E-state index contributed by atoms with van der Waals surface area (Å²) in [5.74, 6) is 0.415. The number of aromatic nitrogens is 2. The SMILES string of the molecule is O=c1c2ccccc2nc(Nc2ccc(Cl)cc2)n1-c1ccc(Cl)cc1. The molecule has 0 radical (unpaired) electrons. The van der Waals surface area contributed by atoms with Crippen LogP contribution in [-0.4, -0.2) is 9.55 Å². The molecular formula is C20H13Cl2N3O. The second-order valence-corrected chi connectivity index (χ2v) is 6.57. The van der Waals surface area contributed by atoms with Crippen molar-refractivity contribution in [2.45, 2.75) is 0 Å². The highest BCUT2D eigenvalue weighted by Crippen LogP contribution is 2.22. The summed E-state index contributed by atoms with van der Waals surface area (Å²) >= 11 is 11.9. The lowest BCUT2D eigenvalue weighted by Crippen LogP contribution is -2.22. The topological polar surface area (TPSA) is 46.9 Å². The first-order valence-corrected chi connectivity index (χ1v) is 8.68. The molecule has 1 N–H and O–H groups in total. The Labute approximate surface area is 159 Å². The van der Waals surface area contributed by atoms with Gasteiger partial charge in [-0.05, 0) is 60.7 Å². The third kappa shape index (κ3) is 3.17. The van der Waals surface area contributed by atoms with Crippen LogP contribution < -0.4 is 10.9 Å². The number of hydrogen-bond donors (Lipinski definition) is 1. The molecule has 1 heterocycles. The van der Waals surface area contributed by atoms with E-state index >= 15 is 0 Å². The number of nitrogens with zero attached hydrogens (tertiary/aromatic N) is 2. The lowest BCUT2D eigenvalue weighted by molar-refractivity contribution is 0.974. The summed E-state index contributed by atoms with van der Waals surface area (Å²) in [6, 6.07) is 21.5. The van der Waals surface area contributed by atoms with E-state index in [1.165, 1.54) is 4.57 Å². The fourth-order valence-corrected chi connectivity index (χ4v) is 2.96. The van der Waals surface area contributed by atoms with Gasteiger partial charge in [0.2, 0.25) is 5.95 Å². The van der Waals surface area contributed by atoms with E-state index in [-0.39, 0.29) is 5.56 Å². The summed E-state index contributed by atoms with van der Waals surface area (Å²) in [6.07, 6.45) is 0. The Morgan fingerprint density at radius 3 is 2.12 bits per heavy atom. The Bertz CT molecular complexity index is 1140. The van der Waals surface area contributed by atoms with Crippen molar-refractivity contribution in [2.75, 3.05) is 5.32 Å². The summed E-state index contributed by atoms with van der Waals surface area (Å²) in [6.45, 7) is 0. The molecule has 0 spiro atoms. The molecule has 0 fully saturated rings. The maximum atomic E-state index is 13.1. The van der Waals surface area contributed by atoms with Gasteiger partial charge >= 0.3 is 0 Å². The maximum Gasteiger partial charge on any atom is 0.267 e. The van der Waals surface area contributed by atoms with Gasteiger partial charge in [-0.1, -0.05) is 35.3 Å². The van der Waals surface area contributed by atoms with Gasteiger partial charge in [-0.15, -0.1) is 0 Å². The number of nitrogens with one attached hydrogen (secondary N) is 1. The van der Waals surface area contributed by atoms with Crippen LogP contribution in [0.5, 0.6) is 0 Å². The zero-order chi connectivity index (χ0) is 18.1. The fraction of sp³-hybridized carbons (Fsp3) is 0. The summed E-state index contributed by atoms with van der Waals surface area (Å²) in [4.78, 5) is 17.7. The third-order valence-electron chi connectivity index (χ3n) is 3.96. The standard InChI is InChI=1S/C20H13Cl2N3O/c21-13-5-9-15(10-6-13)23-20-24-18-4-2-1-3-17(18)19(26)25(20)16-11-7-14(22)8-12-16/h1-12H,(H,23,24). The van der Waals surface area contributed by atoms with E-state index < -0.39 is 0 Å². The Morgan fingerprint density at radius 1 is 0.808 bits per heavy atom. The van der Waals surface area contributed by atoms with Gasteiger partial charge in [-0.3, -0.25) is 4.79 Å². The lowest BCUT2D eigenvalue weighted by atomic mass is 10.2. The van der Waals surface area contributed by atoms with Gasteiger partial charge < -0.3 is 5.32 Å². The van der Waals surface area contributed by atoms with E-state index in [0.717, 1.165) is 5.69 Å². The Balaban J connectivity index is 1.94. The normalized spacial score (nSPS) is 10.8. The molecule has 0 atom stereocenters. The highest BCUT2D eigenvalue weighted by molar-refractivity contribution is 6.30. The summed E-state index contributed by atoms with van der Waals surface area (Å²) < 4.78 is 1.53. The van der Waals surface area contributed by atoms with Gasteiger partial charge in [0.25, 0.3) is 5.56 Å². The lowest BCUT2D eigenvalue weighted by Gasteiger charge is -2.15. The predicted molar refractivity (Wildman–Crippen MR) is 107 cm³/mol. The van der Waals surface area contributed by atoms with Gasteiger partial charge in [0.15, 0.2) is 0 Å². The minimum Gasteiger partial charge on any atom is -0.325 e. The van der Waals surface area contributed by atoms with Gasteiger partial charge in [0, 0.05) is 15.7 Å². The quantitative estimate of drug-likeness (QED) is 0.514. The highest BCUT2D eigenvalue weighted by atomic mass is 35.5. The minimum absolute atomic E-state index is 0.158. The van der Waals surface area contributed by atoms with Crippen LogP contribution in [0.4, 0.5) is 11.6 Å². The Morgan fingerprint density at radius 2 is 1.42 bits per heavy atom. The number of benzene rings is 3. The van der Waals surface area contributed by atoms with Crippen molar-refractivity contribution in [2.24, 2.45) is 0 Å². The molecule has 4 nitrogen and oxygen atoms in total. The summed E-state index contributed by atoms with van der Waals surface area (Å²) in [7, 11) is 0. The largest absolute Gasteiger partial charge is 0.325 e. The molecule has 0 aliphatic carbocycles. The van der Waals surface area contributed by atoms with Crippen molar-refractivity contribution in [3.63, 3.8) is 0 Å². The first-order chi connectivity index (χ1) is 12.6. The smallest absolute Gasteiger partial charge is 0.267 e. The predicted octanol–water partition coefficient (Wildman–Crippen LogP) is 5.44. The van der Waals surface area contributed by atoms with Crippen molar-refractivity contribution >= 4 is 45.7 Å². The molecule has 4 rings (SSSR count). The Hall–Kier alpha value is -2.82. The minimum atomic E-state index is -0.158. The van der Waals surface area contributed by atoms with Crippen LogP contribution in [0.3, 0.4) is 0 Å². The van der Waals surface area contributed by atoms with Crippen molar-refractivity contribution in [1.82, 2.24) is 9.55 Å². The van der Waals surface area contributed by atoms with E-state index in [0.29, 0.717) is 32.6 Å². The molecule has 26 heavy (non-hydrogen) atoms. The average Bonchev–Trinajstić information content (AvgIpc) is 2.65. The van der Waals surface area contributed by atoms with Crippen LogP contribution in [0, 0.1) is 0 Å². The van der Waals surface area contributed by atoms with Crippen LogP contribution in [0.2, 0.25) is 10.0 Å². The maximum absolute atomic E-state index is 13.1. The van der Waals surface area contributed by atoms with Crippen LogP contribution in [-0.2, 0) is 0 Å². The average molecular weight is 382 g/mol. The molecule has 4 aromatic rings. The van der Waals surface area contributed by atoms with Crippen LogP contribution in [0.1, 0.15) is 0 Å². The number of halogens is 2. The molecule has 0 unspecified atom stereocenters. The molecule has 0 saturated carbocycles. The van der Waals surface area contributed by atoms with Crippen molar-refractivity contribution in [3.8, 4) is 5.69 Å². The fourth-order valence-electron chi connectivity index (χ4n) is 2.71. The Kier molecular flexibility index (Phi) is 4.37.